The highest BCUT2D eigenvalue weighted by atomic mass is 35.5. The largest absolute Gasteiger partial charge is 0.478 e. The summed E-state index contributed by atoms with van der Waals surface area (Å²) in [6.07, 6.45) is 0. The minimum Gasteiger partial charge on any atom is -0.478 e. The smallest absolute Gasteiger partial charge is 0.337 e. The molecule has 0 spiro atoms. The van der Waals surface area contributed by atoms with E-state index in [1.54, 1.807) is 18.2 Å². The molecule has 0 bridgehead atoms. The number of carboxylic acids is 1. The fourth-order valence-electron chi connectivity index (χ4n) is 1.61. The van der Waals surface area contributed by atoms with Crippen LogP contribution in [0, 0.1) is 6.92 Å². The molecule has 0 aliphatic carbocycles. The molecule has 4 nitrogen and oxygen atoms in total. The Morgan fingerprint density at radius 1 is 1.26 bits per heavy atom. The van der Waals surface area contributed by atoms with Crippen LogP contribution in [-0.4, -0.2) is 11.1 Å². The van der Waals surface area contributed by atoms with Crippen molar-refractivity contribution in [3.8, 4) is 11.5 Å². The van der Waals surface area contributed by atoms with Gasteiger partial charge in [-0.3, -0.25) is 0 Å². The van der Waals surface area contributed by atoms with Crippen molar-refractivity contribution in [1.29, 1.82) is 0 Å². The number of ether oxygens (including phenoxy) is 1. The number of anilines is 1. The highest BCUT2D eigenvalue weighted by Gasteiger charge is 2.09. The zero-order valence-corrected chi connectivity index (χ0v) is 10.9. The van der Waals surface area contributed by atoms with Gasteiger partial charge in [-0.2, -0.15) is 0 Å². The van der Waals surface area contributed by atoms with E-state index < -0.39 is 5.97 Å². The maximum absolute atomic E-state index is 10.9. The van der Waals surface area contributed by atoms with E-state index in [4.69, 9.17) is 27.2 Å². The molecule has 98 valence electrons. The maximum atomic E-state index is 10.9. The minimum atomic E-state index is -1.07. The summed E-state index contributed by atoms with van der Waals surface area (Å²) >= 11 is 5.90. The van der Waals surface area contributed by atoms with Gasteiger partial charge in [-0.15, -0.1) is 0 Å². The molecule has 0 aliphatic heterocycles. The Bertz CT molecular complexity index is 641. The normalized spacial score (nSPS) is 10.2. The van der Waals surface area contributed by atoms with Gasteiger partial charge in [-0.25, -0.2) is 4.79 Å². The first-order chi connectivity index (χ1) is 8.97. The zero-order valence-electron chi connectivity index (χ0n) is 10.2. The van der Waals surface area contributed by atoms with Crippen LogP contribution in [0.25, 0.3) is 0 Å². The SMILES string of the molecule is Cc1ccc(Cl)cc1Oc1ccc(C(=O)O)c(N)c1. The summed E-state index contributed by atoms with van der Waals surface area (Å²) in [6.45, 7) is 1.89. The van der Waals surface area contributed by atoms with E-state index in [-0.39, 0.29) is 11.3 Å². The van der Waals surface area contributed by atoms with Gasteiger partial charge in [-0.05, 0) is 36.8 Å². The number of aromatic carboxylic acids is 1. The number of rotatable bonds is 3. The van der Waals surface area contributed by atoms with Crippen molar-refractivity contribution in [3.63, 3.8) is 0 Å². The Balaban J connectivity index is 2.31. The molecular formula is C14H12ClNO3. The summed E-state index contributed by atoms with van der Waals surface area (Å²) in [5, 5.41) is 9.45. The van der Waals surface area contributed by atoms with Crippen molar-refractivity contribution in [1.82, 2.24) is 0 Å². The first kappa shape index (κ1) is 13.2. The third kappa shape index (κ3) is 2.98. The van der Waals surface area contributed by atoms with Gasteiger partial charge in [0, 0.05) is 16.8 Å². The molecule has 0 amide bonds. The third-order valence-electron chi connectivity index (χ3n) is 2.63. The van der Waals surface area contributed by atoms with E-state index in [9.17, 15) is 4.79 Å². The highest BCUT2D eigenvalue weighted by molar-refractivity contribution is 6.30. The summed E-state index contributed by atoms with van der Waals surface area (Å²) in [7, 11) is 0. The fraction of sp³-hybridized carbons (Fsp3) is 0.0714. The van der Waals surface area contributed by atoms with E-state index in [0.29, 0.717) is 16.5 Å². The summed E-state index contributed by atoms with van der Waals surface area (Å²) in [4.78, 5) is 10.9. The van der Waals surface area contributed by atoms with Crippen LogP contribution in [0.4, 0.5) is 5.69 Å². The topological polar surface area (TPSA) is 72.5 Å². The van der Waals surface area contributed by atoms with E-state index in [1.807, 2.05) is 13.0 Å². The predicted octanol–water partition coefficient (Wildman–Crippen LogP) is 3.72. The van der Waals surface area contributed by atoms with Crippen LogP contribution in [0.5, 0.6) is 11.5 Å². The molecule has 0 aliphatic rings. The van der Waals surface area contributed by atoms with Crippen LogP contribution in [0.15, 0.2) is 36.4 Å². The quantitative estimate of drug-likeness (QED) is 0.839. The van der Waals surface area contributed by atoms with Gasteiger partial charge < -0.3 is 15.6 Å². The van der Waals surface area contributed by atoms with Crippen molar-refractivity contribution in [2.45, 2.75) is 6.92 Å². The summed E-state index contributed by atoms with van der Waals surface area (Å²) in [5.41, 5.74) is 6.79. The average Bonchev–Trinajstić information content (AvgIpc) is 2.33. The Morgan fingerprint density at radius 3 is 2.63 bits per heavy atom. The van der Waals surface area contributed by atoms with Crippen LogP contribution >= 0.6 is 11.6 Å². The number of hydrogen-bond acceptors (Lipinski definition) is 3. The van der Waals surface area contributed by atoms with E-state index >= 15 is 0 Å². The molecule has 0 unspecified atom stereocenters. The van der Waals surface area contributed by atoms with Crippen molar-refractivity contribution < 1.29 is 14.6 Å². The van der Waals surface area contributed by atoms with Crippen molar-refractivity contribution >= 4 is 23.3 Å². The molecule has 5 heteroatoms. The van der Waals surface area contributed by atoms with Crippen molar-refractivity contribution in [2.24, 2.45) is 0 Å². The van der Waals surface area contributed by atoms with Crippen LogP contribution in [0.1, 0.15) is 15.9 Å². The highest BCUT2D eigenvalue weighted by Crippen LogP contribution is 2.29. The lowest BCUT2D eigenvalue weighted by Gasteiger charge is -2.10. The van der Waals surface area contributed by atoms with E-state index in [1.165, 1.54) is 12.1 Å². The molecule has 0 aromatic heterocycles. The number of carboxylic acid groups (broad SMARTS) is 1. The number of halogens is 1. The number of nitrogen functional groups attached to an aromatic ring is 1. The Labute approximate surface area is 115 Å². The monoisotopic (exact) mass is 277 g/mol. The Kier molecular flexibility index (Phi) is 3.62. The summed E-state index contributed by atoms with van der Waals surface area (Å²) < 4.78 is 5.65. The van der Waals surface area contributed by atoms with Crippen LogP contribution < -0.4 is 10.5 Å². The second-order valence-electron chi connectivity index (χ2n) is 4.07. The van der Waals surface area contributed by atoms with Crippen molar-refractivity contribution in [3.05, 3.63) is 52.5 Å². The van der Waals surface area contributed by atoms with Crippen LogP contribution in [-0.2, 0) is 0 Å². The predicted molar refractivity (Wildman–Crippen MR) is 74.1 cm³/mol. The standard InChI is InChI=1S/C14H12ClNO3/c1-8-2-3-9(15)6-13(8)19-10-4-5-11(14(17)18)12(16)7-10/h2-7H,16H2,1H3,(H,17,18). The van der Waals surface area contributed by atoms with Gasteiger partial charge in [0.1, 0.15) is 11.5 Å². The minimum absolute atomic E-state index is 0.0511. The Morgan fingerprint density at radius 2 is 2.00 bits per heavy atom. The lowest BCUT2D eigenvalue weighted by atomic mass is 10.1. The lowest BCUT2D eigenvalue weighted by Crippen LogP contribution is -2.02. The molecule has 0 radical (unpaired) electrons. The molecule has 19 heavy (non-hydrogen) atoms. The van der Waals surface area contributed by atoms with Gasteiger partial charge in [-0.1, -0.05) is 17.7 Å². The second-order valence-corrected chi connectivity index (χ2v) is 4.50. The number of carbonyl (C=O) groups is 1. The lowest BCUT2D eigenvalue weighted by molar-refractivity contribution is 0.0698. The van der Waals surface area contributed by atoms with Gasteiger partial charge in [0.15, 0.2) is 0 Å². The molecule has 2 rings (SSSR count). The third-order valence-corrected chi connectivity index (χ3v) is 2.87. The number of aryl methyl sites for hydroxylation is 1. The van der Waals surface area contributed by atoms with E-state index in [0.717, 1.165) is 5.56 Å². The van der Waals surface area contributed by atoms with Gasteiger partial charge in [0.05, 0.1) is 5.56 Å². The Hall–Kier alpha value is -2.20. The number of nitrogens with two attached hydrogens (primary N) is 1. The first-order valence-corrected chi connectivity index (χ1v) is 5.92. The zero-order chi connectivity index (χ0) is 14.0. The summed E-state index contributed by atoms with van der Waals surface area (Å²) in [5.74, 6) is 0.00540. The average molecular weight is 278 g/mol. The molecule has 2 aromatic rings. The molecule has 2 aromatic carbocycles. The molecule has 0 saturated heterocycles. The number of hydrogen-bond donors (Lipinski definition) is 2. The van der Waals surface area contributed by atoms with Crippen LogP contribution in [0.2, 0.25) is 5.02 Å². The molecule has 0 saturated carbocycles. The van der Waals surface area contributed by atoms with Crippen molar-refractivity contribution in [2.75, 3.05) is 5.73 Å². The first-order valence-electron chi connectivity index (χ1n) is 5.54. The van der Waals surface area contributed by atoms with Gasteiger partial charge in [0.2, 0.25) is 0 Å². The molecule has 0 heterocycles. The molecule has 0 fully saturated rings. The van der Waals surface area contributed by atoms with E-state index in [2.05, 4.69) is 0 Å². The van der Waals surface area contributed by atoms with Gasteiger partial charge >= 0.3 is 5.97 Å². The van der Waals surface area contributed by atoms with Gasteiger partial charge in [0.25, 0.3) is 0 Å². The van der Waals surface area contributed by atoms with Crippen LogP contribution in [0.3, 0.4) is 0 Å². The molecule has 0 atom stereocenters. The second kappa shape index (κ2) is 5.20. The molecule has 3 N–H and O–H groups in total. The maximum Gasteiger partial charge on any atom is 0.337 e. The molecular weight excluding hydrogens is 266 g/mol. The summed E-state index contributed by atoms with van der Waals surface area (Å²) in [6, 6.07) is 9.74. The fourth-order valence-corrected chi connectivity index (χ4v) is 1.77. The number of benzene rings is 2.